The summed E-state index contributed by atoms with van der Waals surface area (Å²) in [6.45, 7) is 2.04. The number of aryl methyl sites for hydroxylation is 1. The fourth-order valence-electron chi connectivity index (χ4n) is 0.591. The summed E-state index contributed by atoms with van der Waals surface area (Å²) in [5, 5.41) is 0. The molecule has 1 aromatic rings. The van der Waals surface area contributed by atoms with Crippen LogP contribution in [0.4, 0.5) is 0 Å². The van der Waals surface area contributed by atoms with Crippen molar-refractivity contribution in [3.05, 3.63) is 22.7 Å². The highest BCUT2D eigenvalue weighted by atomic mass is 32.1. The quantitative estimate of drug-likeness (QED) is 0.601. The van der Waals surface area contributed by atoms with Crippen LogP contribution in [0.2, 0.25) is 0 Å². The van der Waals surface area contributed by atoms with Crippen LogP contribution in [0.1, 0.15) is 12.7 Å². The van der Waals surface area contributed by atoms with E-state index >= 15 is 0 Å². The fourth-order valence-corrected chi connectivity index (χ4v) is 0.769. The van der Waals surface area contributed by atoms with Gasteiger partial charge in [0.15, 0.2) is 0 Å². The highest BCUT2D eigenvalue weighted by Crippen LogP contribution is 1.88. The molecule has 0 fully saturated rings. The van der Waals surface area contributed by atoms with Gasteiger partial charge in [0.2, 0.25) is 0 Å². The van der Waals surface area contributed by atoms with Gasteiger partial charge < -0.3 is 4.98 Å². The molecular weight excluding hydrogens is 132 g/mol. The van der Waals surface area contributed by atoms with Gasteiger partial charge in [0.05, 0.1) is 0 Å². The van der Waals surface area contributed by atoms with Crippen LogP contribution in [-0.2, 0) is 6.42 Å². The summed E-state index contributed by atoms with van der Waals surface area (Å²) >= 11 is 4.87. The van der Waals surface area contributed by atoms with Gasteiger partial charge in [-0.3, -0.25) is 0 Å². The Hall–Kier alpha value is -0.700. The van der Waals surface area contributed by atoms with Crippen molar-refractivity contribution in [1.82, 2.24) is 9.97 Å². The van der Waals surface area contributed by atoms with Crippen molar-refractivity contribution >= 4 is 12.2 Å². The van der Waals surface area contributed by atoms with Crippen molar-refractivity contribution in [3.63, 3.8) is 0 Å². The lowest BCUT2D eigenvalue weighted by atomic mass is 10.4. The Labute approximate surface area is 59.0 Å². The third-order valence-electron chi connectivity index (χ3n) is 1.06. The molecule has 0 aliphatic carbocycles. The van der Waals surface area contributed by atoms with Crippen molar-refractivity contribution in [2.45, 2.75) is 13.3 Å². The van der Waals surface area contributed by atoms with Crippen LogP contribution in [0, 0.1) is 4.64 Å². The van der Waals surface area contributed by atoms with Crippen molar-refractivity contribution in [2.24, 2.45) is 0 Å². The second-order valence-electron chi connectivity index (χ2n) is 1.73. The molecule has 0 amide bonds. The van der Waals surface area contributed by atoms with Crippen molar-refractivity contribution < 1.29 is 0 Å². The first-order valence-electron chi connectivity index (χ1n) is 2.87. The number of hydrogen-bond acceptors (Lipinski definition) is 2. The number of H-pyrrole nitrogens is 1. The van der Waals surface area contributed by atoms with Gasteiger partial charge >= 0.3 is 0 Å². The monoisotopic (exact) mass is 140 g/mol. The lowest BCUT2D eigenvalue weighted by Gasteiger charge is -1.91. The summed E-state index contributed by atoms with van der Waals surface area (Å²) in [6.07, 6.45) is 2.63. The Morgan fingerprint density at radius 3 is 3.00 bits per heavy atom. The Kier molecular flexibility index (Phi) is 1.95. The molecule has 2 nitrogen and oxygen atoms in total. The van der Waals surface area contributed by atoms with Gasteiger partial charge in [-0.15, -0.1) is 0 Å². The van der Waals surface area contributed by atoms with Gasteiger partial charge in [0, 0.05) is 12.6 Å². The van der Waals surface area contributed by atoms with Crippen LogP contribution < -0.4 is 0 Å². The summed E-state index contributed by atoms with van der Waals surface area (Å²) in [5.74, 6) is 0.947. The van der Waals surface area contributed by atoms with E-state index in [9.17, 15) is 0 Å². The number of aromatic amines is 1. The molecule has 9 heavy (non-hydrogen) atoms. The van der Waals surface area contributed by atoms with Crippen LogP contribution >= 0.6 is 12.2 Å². The molecule has 3 heteroatoms. The van der Waals surface area contributed by atoms with E-state index in [4.69, 9.17) is 12.2 Å². The molecular formula is C6H8N2S. The second-order valence-corrected chi connectivity index (χ2v) is 2.17. The minimum atomic E-state index is 0.752. The van der Waals surface area contributed by atoms with Crippen molar-refractivity contribution in [2.75, 3.05) is 0 Å². The lowest BCUT2D eigenvalue weighted by molar-refractivity contribution is 0.932. The minimum absolute atomic E-state index is 0.752. The summed E-state index contributed by atoms with van der Waals surface area (Å²) in [7, 11) is 0. The standard InChI is InChI=1S/C6H8N2S/c1-2-5-7-4-3-6(9)8-5/h3-4H,2H2,1H3,(H,7,8,9). The van der Waals surface area contributed by atoms with Gasteiger partial charge in [-0.2, -0.15) is 0 Å². The summed E-state index contributed by atoms with van der Waals surface area (Å²) < 4.78 is 0.752. The molecule has 0 atom stereocenters. The highest BCUT2D eigenvalue weighted by Gasteiger charge is 1.84. The molecule has 48 valence electrons. The fraction of sp³-hybridized carbons (Fsp3) is 0.333. The topological polar surface area (TPSA) is 28.7 Å². The Morgan fingerprint density at radius 1 is 1.78 bits per heavy atom. The van der Waals surface area contributed by atoms with E-state index in [1.54, 1.807) is 12.3 Å². The van der Waals surface area contributed by atoms with E-state index < -0.39 is 0 Å². The third kappa shape index (κ3) is 1.61. The Balaban J connectivity index is 3.08. The molecule has 0 aliphatic rings. The summed E-state index contributed by atoms with van der Waals surface area (Å²) in [4.78, 5) is 7.00. The van der Waals surface area contributed by atoms with Gasteiger partial charge in [-0.1, -0.05) is 19.1 Å². The number of hydrogen-bond donors (Lipinski definition) is 1. The van der Waals surface area contributed by atoms with Crippen LogP contribution in [0.5, 0.6) is 0 Å². The van der Waals surface area contributed by atoms with Gasteiger partial charge in [-0.25, -0.2) is 4.98 Å². The normalized spacial score (nSPS) is 9.44. The predicted molar refractivity (Wildman–Crippen MR) is 38.8 cm³/mol. The molecule has 0 radical (unpaired) electrons. The van der Waals surface area contributed by atoms with E-state index in [0.29, 0.717) is 0 Å². The largest absolute Gasteiger partial charge is 0.335 e. The lowest BCUT2D eigenvalue weighted by Crippen LogP contribution is -1.89. The molecule has 0 saturated heterocycles. The van der Waals surface area contributed by atoms with Crippen molar-refractivity contribution in [3.8, 4) is 0 Å². The molecule has 0 saturated carbocycles. The first kappa shape index (κ1) is 6.42. The Morgan fingerprint density at radius 2 is 2.56 bits per heavy atom. The van der Waals surface area contributed by atoms with E-state index in [1.807, 2.05) is 6.92 Å². The molecule has 0 aliphatic heterocycles. The van der Waals surface area contributed by atoms with Crippen LogP contribution in [0.25, 0.3) is 0 Å². The highest BCUT2D eigenvalue weighted by molar-refractivity contribution is 7.71. The average Bonchev–Trinajstić information content (AvgIpc) is 1.88. The van der Waals surface area contributed by atoms with E-state index in [0.717, 1.165) is 16.9 Å². The van der Waals surface area contributed by atoms with Gasteiger partial charge in [-0.05, 0) is 6.07 Å². The molecule has 1 N–H and O–H groups in total. The minimum Gasteiger partial charge on any atom is -0.335 e. The Bertz CT molecular complexity index is 241. The van der Waals surface area contributed by atoms with Crippen LogP contribution in [-0.4, -0.2) is 9.97 Å². The maximum Gasteiger partial charge on any atom is 0.106 e. The number of nitrogens with one attached hydrogen (secondary N) is 1. The number of rotatable bonds is 1. The second kappa shape index (κ2) is 2.73. The first-order chi connectivity index (χ1) is 4.33. The first-order valence-corrected chi connectivity index (χ1v) is 3.28. The zero-order chi connectivity index (χ0) is 6.69. The maximum atomic E-state index is 4.87. The number of aromatic nitrogens is 2. The number of nitrogens with zero attached hydrogens (tertiary/aromatic N) is 1. The predicted octanol–water partition coefficient (Wildman–Crippen LogP) is 1.70. The van der Waals surface area contributed by atoms with E-state index in [-0.39, 0.29) is 0 Å². The molecule has 1 rings (SSSR count). The molecule has 1 heterocycles. The molecule has 0 unspecified atom stereocenters. The third-order valence-corrected chi connectivity index (χ3v) is 1.30. The zero-order valence-corrected chi connectivity index (χ0v) is 6.03. The zero-order valence-electron chi connectivity index (χ0n) is 5.22. The van der Waals surface area contributed by atoms with Crippen molar-refractivity contribution in [1.29, 1.82) is 0 Å². The maximum absolute atomic E-state index is 4.87. The molecule has 0 aromatic carbocycles. The van der Waals surface area contributed by atoms with Gasteiger partial charge in [0.1, 0.15) is 10.5 Å². The molecule has 1 aromatic heterocycles. The van der Waals surface area contributed by atoms with Crippen LogP contribution in [0.15, 0.2) is 12.3 Å². The van der Waals surface area contributed by atoms with E-state index in [2.05, 4.69) is 9.97 Å². The molecule has 0 spiro atoms. The SMILES string of the molecule is CCc1nccc(=S)[nH]1. The smallest absolute Gasteiger partial charge is 0.106 e. The average molecular weight is 140 g/mol. The van der Waals surface area contributed by atoms with Gasteiger partial charge in [0.25, 0.3) is 0 Å². The van der Waals surface area contributed by atoms with Crippen LogP contribution in [0.3, 0.4) is 0 Å². The summed E-state index contributed by atoms with van der Waals surface area (Å²) in [6, 6.07) is 1.77. The summed E-state index contributed by atoms with van der Waals surface area (Å²) in [5.41, 5.74) is 0. The van der Waals surface area contributed by atoms with E-state index in [1.165, 1.54) is 0 Å². The molecule has 0 bridgehead atoms.